The lowest BCUT2D eigenvalue weighted by molar-refractivity contribution is 0.141. The molecule has 2 heterocycles. The van der Waals surface area contributed by atoms with Gasteiger partial charge in [-0.1, -0.05) is 10.3 Å². The van der Waals surface area contributed by atoms with E-state index in [0.717, 1.165) is 57.2 Å². The van der Waals surface area contributed by atoms with Crippen LogP contribution in [0, 0.1) is 6.92 Å². The molecular weight excluding hydrogens is 232 g/mol. The molecule has 1 aromatic rings. The maximum Gasteiger partial charge on any atom is 0.124 e. The quantitative estimate of drug-likeness (QED) is 0.836. The predicted octanol–water partition coefficient (Wildman–Crippen LogP) is 0.751. The highest BCUT2D eigenvalue weighted by atomic mass is 16.6. The molecule has 1 aliphatic heterocycles. The molecule has 0 spiro atoms. The summed E-state index contributed by atoms with van der Waals surface area (Å²) in [7, 11) is 0. The Kier molecular flexibility index (Phi) is 5.10. The van der Waals surface area contributed by atoms with E-state index in [9.17, 15) is 0 Å². The molecule has 1 aromatic heterocycles. The maximum absolute atomic E-state index is 5.43. The molecule has 0 radical (unpaired) electrons. The Morgan fingerprint density at radius 1 is 1.33 bits per heavy atom. The van der Waals surface area contributed by atoms with Crippen LogP contribution in [0.25, 0.3) is 0 Å². The van der Waals surface area contributed by atoms with E-state index in [1.165, 1.54) is 0 Å². The van der Waals surface area contributed by atoms with Crippen LogP contribution in [0.2, 0.25) is 0 Å². The minimum atomic E-state index is 0.180. The van der Waals surface area contributed by atoms with Crippen LogP contribution in [0.15, 0.2) is 4.63 Å². The third kappa shape index (κ3) is 3.76. The lowest BCUT2D eigenvalue weighted by atomic mass is 10.2. The summed E-state index contributed by atoms with van der Waals surface area (Å²) >= 11 is 0. The molecule has 2 rings (SSSR count). The molecule has 1 atom stereocenters. The van der Waals surface area contributed by atoms with Crippen LogP contribution in [0.1, 0.15) is 30.8 Å². The van der Waals surface area contributed by atoms with E-state index in [2.05, 4.69) is 27.5 Å². The first-order valence-corrected chi connectivity index (χ1v) is 6.60. The summed E-state index contributed by atoms with van der Waals surface area (Å²) in [5.74, 6) is 0. The van der Waals surface area contributed by atoms with Gasteiger partial charge in [0.25, 0.3) is 0 Å². The molecule has 18 heavy (non-hydrogen) atoms. The maximum atomic E-state index is 5.43. The lowest BCUT2D eigenvalue weighted by Crippen LogP contribution is -2.34. The van der Waals surface area contributed by atoms with Crippen LogP contribution >= 0.6 is 0 Å². The summed E-state index contributed by atoms with van der Waals surface area (Å²) in [5.41, 5.74) is 1.76. The Labute approximate surface area is 108 Å². The first kappa shape index (κ1) is 13.5. The predicted molar refractivity (Wildman–Crippen MR) is 67.3 cm³/mol. The topological polar surface area (TPSA) is 63.4 Å². The average Bonchev–Trinajstić information content (AvgIpc) is 2.63. The molecular formula is C12H22N4O2. The number of ether oxygens (including phenoxy) is 1. The van der Waals surface area contributed by atoms with Crippen LogP contribution in [-0.2, 0) is 4.74 Å². The van der Waals surface area contributed by atoms with Gasteiger partial charge >= 0.3 is 0 Å². The van der Waals surface area contributed by atoms with Crippen molar-refractivity contribution in [3.8, 4) is 0 Å². The van der Waals surface area contributed by atoms with Gasteiger partial charge in [0.2, 0.25) is 0 Å². The van der Waals surface area contributed by atoms with E-state index >= 15 is 0 Å². The smallest absolute Gasteiger partial charge is 0.124 e. The second kappa shape index (κ2) is 6.82. The van der Waals surface area contributed by atoms with Crippen molar-refractivity contribution in [1.29, 1.82) is 0 Å². The number of hydrogen-bond acceptors (Lipinski definition) is 6. The van der Waals surface area contributed by atoms with Gasteiger partial charge in [-0.05, 0) is 20.3 Å². The standard InChI is InChI=1S/C12H22N4O2/c1-10(12-11(2)14-18-15-12)13-4-6-16-5-3-8-17-9-7-16/h10,13H,3-9H2,1-2H3. The number of nitrogens with one attached hydrogen (secondary N) is 1. The summed E-state index contributed by atoms with van der Waals surface area (Å²) in [6.07, 6.45) is 1.13. The Hall–Kier alpha value is -0.980. The molecule has 1 N–H and O–H groups in total. The molecule has 6 nitrogen and oxygen atoms in total. The fourth-order valence-electron chi connectivity index (χ4n) is 2.19. The number of nitrogens with zero attached hydrogens (tertiary/aromatic N) is 3. The molecule has 6 heteroatoms. The van der Waals surface area contributed by atoms with Gasteiger partial charge in [0.05, 0.1) is 12.6 Å². The van der Waals surface area contributed by atoms with Crippen LogP contribution in [-0.4, -0.2) is 54.6 Å². The molecule has 1 fully saturated rings. The fraction of sp³-hybridized carbons (Fsp3) is 0.833. The zero-order valence-corrected chi connectivity index (χ0v) is 11.2. The number of aryl methyl sites for hydroxylation is 1. The van der Waals surface area contributed by atoms with Crippen LogP contribution in [0.3, 0.4) is 0 Å². The molecule has 0 bridgehead atoms. The second-order valence-electron chi connectivity index (χ2n) is 4.72. The van der Waals surface area contributed by atoms with Crippen LogP contribution in [0.5, 0.6) is 0 Å². The molecule has 0 amide bonds. The van der Waals surface area contributed by atoms with Gasteiger partial charge < -0.3 is 10.1 Å². The summed E-state index contributed by atoms with van der Waals surface area (Å²) in [4.78, 5) is 2.43. The molecule has 1 saturated heterocycles. The first-order valence-electron chi connectivity index (χ1n) is 6.60. The summed E-state index contributed by atoms with van der Waals surface area (Å²) in [6.45, 7) is 9.87. The van der Waals surface area contributed by atoms with Crippen molar-refractivity contribution in [2.75, 3.05) is 39.4 Å². The molecule has 1 aliphatic rings. The average molecular weight is 254 g/mol. The van der Waals surface area contributed by atoms with E-state index in [0.29, 0.717) is 0 Å². The van der Waals surface area contributed by atoms with E-state index in [1.807, 2.05) is 6.92 Å². The highest BCUT2D eigenvalue weighted by Gasteiger charge is 2.14. The zero-order chi connectivity index (χ0) is 12.8. The normalized spacial score (nSPS) is 19.7. The van der Waals surface area contributed by atoms with E-state index in [1.54, 1.807) is 0 Å². The SMILES string of the molecule is Cc1nonc1C(C)NCCN1CCCOCC1. The minimum absolute atomic E-state index is 0.180. The van der Waals surface area contributed by atoms with E-state index < -0.39 is 0 Å². The summed E-state index contributed by atoms with van der Waals surface area (Å²) in [6, 6.07) is 0.180. The molecule has 0 aliphatic carbocycles. The van der Waals surface area contributed by atoms with Crippen molar-refractivity contribution >= 4 is 0 Å². The van der Waals surface area contributed by atoms with Gasteiger partial charge in [0.1, 0.15) is 11.4 Å². The summed E-state index contributed by atoms with van der Waals surface area (Å²) in [5, 5.41) is 11.2. The lowest BCUT2D eigenvalue weighted by Gasteiger charge is -2.20. The van der Waals surface area contributed by atoms with Gasteiger partial charge in [-0.3, -0.25) is 4.90 Å². The van der Waals surface area contributed by atoms with Gasteiger partial charge in [-0.25, -0.2) is 4.63 Å². The number of rotatable bonds is 5. The third-order valence-electron chi connectivity index (χ3n) is 3.29. The van der Waals surface area contributed by atoms with Crippen molar-refractivity contribution in [3.63, 3.8) is 0 Å². The minimum Gasteiger partial charge on any atom is -0.380 e. The highest BCUT2D eigenvalue weighted by molar-refractivity contribution is 5.09. The third-order valence-corrected chi connectivity index (χ3v) is 3.29. The Morgan fingerprint density at radius 2 is 2.22 bits per heavy atom. The largest absolute Gasteiger partial charge is 0.380 e. The van der Waals surface area contributed by atoms with Gasteiger partial charge in [-0.15, -0.1) is 0 Å². The van der Waals surface area contributed by atoms with Gasteiger partial charge in [0.15, 0.2) is 0 Å². The number of hydrogen-bond donors (Lipinski definition) is 1. The van der Waals surface area contributed by atoms with E-state index in [4.69, 9.17) is 9.37 Å². The van der Waals surface area contributed by atoms with Crippen molar-refractivity contribution in [3.05, 3.63) is 11.4 Å². The van der Waals surface area contributed by atoms with Crippen molar-refractivity contribution in [2.45, 2.75) is 26.3 Å². The monoisotopic (exact) mass is 254 g/mol. The van der Waals surface area contributed by atoms with Crippen molar-refractivity contribution in [2.24, 2.45) is 0 Å². The van der Waals surface area contributed by atoms with Crippen LogP contribution < -0.4 is 5.32 Å². The molecule has 1 unspecified atom stereocenters. The molecule has 0 aromatic carbocycles. The number of aromatic nitrogens is 2. The Bertz CT molecular complexity index is 348. The van der Waals surface area contributed by atoms with E-state index in [-0.39, 0.29) is 6.04 Å². The zero-order valence-electron chi connectivity index (χ0n) is 11.2. The van der Waals surface area contributed by atoms with Gasteiger partial charge in [-0.2, -0.15) is 0 Å². The molecule has 102 valence electrons. The Morgan fingerprint density at radius 3 is 3.00 bits per heavy atom. The fourth-order valence-corrected chi connectivity index (χ4v) is 2.19. The Balaban J connectivity index is 1.70. The van der Waals surface area contributed by atoms with Crippen molar-refractivity contribution < 1.29 is 9.37 Å². The second-order valence-corrected chi connectivity index (χ2v) is 4.72. The van der Waals surface area contributed by atoms with Crippen LogP contribution in [0.4, 0.5) is 0 Å². The molecule has 0 saturated carbocycles. The van der Waals surface area contributed by atoms with Crippen molar-refractivity contribution in [1.82, 2.24) is 20.5 Å². The highest BCUT2D eigenvalue weighted by Crippen LogP contribution is 2.11. The first-order chi connectivity index (χ1) is 8.77. The van der Waals surface area contributed by atoms with Gasteiger partial charge in [0, 0.05) is 32.8 Å². The summed E-state index contributed by atoms with van der Waals surface area (Å²) < 4.78 is 10.1.